The lowest BCUT2D eigenvalue weighted by molar-refractivity contribution is 0.498. The monoisotopic (exact) mass is 430 g/mol. The first kappa shape index (κ1) is 21.9. The van der Waals surface area contributed by atoms with Gasteiger partial charge in [0, 0.05) is 11.1 Å². The Morgan fingerprint density at radius 1 is 0.562 bits per heavy atom. The summed E-state index contributed by atoms with van der Waals surface area (Å²) in [5, 5.41) is 0. The SMILES string of the molecule is CCCCCc1ccc(-c2ccc(-c3ccc(-c4ccccc4)cc3F)cc2)c(F)c1F. The van der Waals surface area contributed by atoms with Gasteiger partial charge in [-0.15, -0.1) is 0 Å². The summed E-state index contributed by atoms with van der Waals surface area (Å²) < 4.78 is 44.1. The predicted molar refractivity (Wildman–Crippen MR) is 126 cm³/mol. The standard InChI is InChI=1S/C29H25F3/c1-2-3-5-10-23-15-18-26(29(32)28(23)31)22-13-11-21(12-14-22)25-17-16-24(19-27(25)30)20-8-6-4-7-9-20/h4,6-9,11-19H,2-3,5,10H2,1H3. The summed E-state index contributed by atoms with van der Waals surface area (Å²) >= 11 is 0. The summed E-state index contributed by atoms with van der Waals surface area (Å²) in [5.74, 6) is -1.93. The molecular weight excluding hydrogens is 405 g/mol. The van der Waals surface area contributed by atoms with Crippen LogP contribution in [0.4, 0.5) is 13.2 Å². The number of benzene rings is 4. The van der Waals surface area contributed by atoms with Crippen molar-refractivity contribution in [1.29, 1.82) is 0 Å². The predicted octanol–water partition coefficient (Wildman–Crippen LogP) is 8.84. The van der Waals surface area contributed by atoms with E-state index < -0.39 is 11.6 Å². The van der Waals surface area contributed by atoms with Gasteiger partial charge in [-0.05, 0) is 46.7 Å². The zero-order valence-corrected chi connectivity index (χ0v) is 18.0. The lowest BCUT2D eigenvalue weighted by Crippen LogP contribution is -1.97. The first-order chi connectivity index (χ1) is 15.6. The Morgan fingerprint density at radius 3 is 1.84 bits per heavy atom. The second kappa shape index (κ2) is 9.86. The molecule has 0 amide bonds. The van der Waals surface area contributed by atoms with Crippen LogP contribution in [-0.2, 0) is 6.42 Å². The number of hydrogen-bond acceptors (Lipinski definition) is 0. The van der Waals surface area contributed by atoms with Gasteiger partial charge in [0.05, 0.1) is 0 Å². The average molecular weight is 431 g/mol. The lowest BCUT2D eigenvalue weighted by Gasteiger charge is -2.11. The summed E-state index contributed by atoms with van der Waals surface area (Å²) in [7, 11) is 0. The molecule has 0 fully saturated rings. The van der Waals surface area contributed by atoms with E-state index in [1.807, 2.05) is 36.4 Å². The fourth-order valence-corrected chi connectivity index (χ4v) is 3.96. The average Bonchev–Trinajstić information content (AvgIpc) is 2.83. The van der Waals surface area contributed by atoms with Gasteiger partial charge < -0.3 is 0 Å². The molecule has 0 spiro atoms. The smallest absolute Gasteiger partial charge is 0.166 e. The minimum Gasteiger partial charge on any atom is -0.206 e. The van der Waals surface area contributed by atoms with Crippen molar-refractivity contribution in [3.05, 3.63) is 108 Å². The quantitative estimate of drug-likeness (QED) is 0.257. The third-order valence-electron chi connectivity index (χ3n) is 5.80. The molecule has 0 aliphatic carbocycles. The van der Waals surface area contributed by atoms with Gasteiger partial charge in [-0.3, -0.25) is 0 Å². The molecule has 0 N–H and O–H groups in total. The van der Waals surface area contributed by atoms with E-state index in [0.717, 1.165) is 30.4 Å². The molecule has 0 aromatic heterocycles. The maximum Gasteiger partial charge on any atom is 0.166 e. The number of hydrogen-bond donors (Lipinski definition) is 0. The molecule has 0 bridgehead atoms. The van der Waals surface area contributed by atoms with Crippen LogP contribution in [0.25, 0.3) is 33.4 Å². The Balaban J connectivity index is 1.58. The van der Waals surface area contributed by atoms with Crippen LogP contribution in [0.3, 0.4) is 0 Å². The van der Waals surface area contributed by atoms with Crippen molar-refractivity contribution in [1.82, 2.24) is 0 Å². The highest BCUT2D eigenvalue weighted by molar-refractivity contribution is 5.74. The highest BCUT2D eigenvalue weighted by Gasteiger charge is 2.15. The Bertz CT molecular complexity index is 1200. The van der Waals surface area contributed by atoms with Gasteiger partial charge in [0.15, 0.2) is 11.6 Å². The molecule has 0 radical (unpaired) electrons. The Hall–Kier alpha value is -3.33. The molecule has 4 aromatic carbocycles. The van der Waals surface area contributed by atoms with Crippen LogP contribution in [0.15, 0.2) is 84.9 Å². The van der Waals surface area contributed by atoms with Crippen LogP contribution in [0.2, 0.25) is 0 Å². The van der Waals surface area contributed by atoms with E-state index in [9.17, 15) is 13.2 Å². The van der Waals surface area contributed by atoms with Crippen molar-refractivity contribution in [3.63, 3.8) is 0 Å². The van der Waals surface area contributed by atoms with Gasteiger partial charge in [-0.2, -0.15) is 0 Å². The van der Waals surface area contributed by atoms with E-state index in [4.69, 9.17) is 0 Å². The minimum atomic E-state index is -0.829. The van der Waals surface area contributed by atoms with Crippen LogP contribution >= 0.6 is 0 Å². The number of rotatable bonds is 7. The zero-order chi connectivity index (χ0) is 22.5. The summed E-state index contributed by atoms with van der Waals surface area (Å²) in [6, 6.07) is 25.0. The van der Waals surface area contributed by atoms with Crippen LogP contribution in [-0.4, -0.2) is 0 Å². The van der Waals surface area contributed by atoms with Crippen molar-refractivity contribution >= 4 is 0 Å². The zero-order valence-electron chi connectivity index (χ0n) is 18.0. The third-order valence-corrected chi connectivity index (χ3v) is 5.80. The normalized spacial score (nSPS) is 11.0. The summed E-state index contributed by atoms with van der Waals surface area (Å²) in [4.78, 5) is 0. The summed E-state index contributed by atoms with van der Waals surface area (Å²) in [6.45, 7) is 2.08. The first-order valence-corrected chi connectivity index (χ1v) is 11.0. The van der Waals surface area contributed by atoms with Gasteiger partial charge in [-0.25, -0.2) is 13.2 Å². The second-order valence-electron chi connectivity index (χ2n) is 8.00. The molecule has 3 heteroatoms. The van der Waals surface area contributed by atoms with Crippen LogP contribution in [0.1, 0.15) is 31.7 Å². The van der Waals surface area contributed by atoms with Gasteiger partial charge in [0.1, 0.15) is 5.82 Å². The number of unbranched alkanes of at least 4 members (excludes halogenated alkanes) is 2. The molecule has 0 saturated heterocycles. The van der Waals surface area contributed by atoms with Crippen molar-refractivity contribution in [2.45, 2.75) is 32.6 Å². The minimum absolute atomic E-state index is 0.216. The Morgan fingerprint density at radius 2 is 1.19 bits per heavy atom. The second-order valence-corrected chi connectivity index (χ2v) is 8.00. The molecule has 4 aromatic rings. The van der Waals surface area contributed by atoms with E-state index >= 15 is 0 Å². The lowest BCUT2D eigenvalue weighted by atomic mass is 9.96. The Labute approximate surface area is 187 Å². The molecule has 0 unspecified atom stereocenters. The van der Waals surface area contributed by atoms with Gasteiger partial charge in [-0.1, -0.05) is 98.6 Å². The molecule has 0 nitrogen and oxygen atoms in total. The molecular formula is C29H25F3. The van der Waals surface area contributed by atoms with Gasteiger partial charge in [0.2, 0.25) is 0 Å². The first-order valence-electron chi connectivity index (χ1n) is 11.0. The molecule has 0 aliphatic rings. The molecule has 4 rings (SSSR count). The highest BCUT2D eigenvalue weighted by atomic mass is 19.2. The number of halogens is 3. The largest absolute Gasteiger partial charge is 0.206 e. The fraction of sp³-hybridized carbons (Fsp3) is 0.172. The van der Waals surface area contributed by atoms with E-state index in [0.29, 0.717) is 28.7 Å². The summed E-state index contributed by atoms with van der Waals surface area (Å²) in [5.41, 5.74) is 4.10. The van der Waals surface area contributed by atoms with Crippen molar-refractivity contribution in [3.8, 4) is 33.4 Å². The maximum atomic E-state index is 14.8. The summed E-state index contributed by atoms with van der Waals surface area (Å²) in [6.07, 6.45) is 3.40. The molecule has 32 heavy (non-hydrogen) atoms. The topological polar surface area (TPSA) is 0 Å². The van der Waals surface area contributed by atoms with E-state index in [-0.39, 0.29) is 11.4 Å². The number of aryl methyl sites for hydroxylation is 1. The third kappa shape index (κ3) is 4.62. The Kier molecular flexibility index (Phi) is 6.75. The maximum absolute atomic E-state index is 14.8. The van der Waals surface area contributed by atoms with E-state index in [2.05, 4.69) is 6.92 Å². The molecule has 0 aliphatic heterocycles. The van der Waals surface area contributed by atoms with E-state index in [1.165, 1.54) is 6.07 Å². The van der Waals surface area contributed by atoms with Crippen LogP contribution in [0.5, 0.6) is 0 Å². The van der Waals surface area contributed by atoms with Crippen molar-refractivity contribution in [2.24, 2.45) is 0 Å². The van der Waals surface area contributed by atoms with Crippen molar-refractivity contribution in [2.75, 3.05) is 0 Å². The van der Waals surface area contributed by atoms with Crippen LogP contribution in [0, 0.1) is 17.5 Å². The fourth-order valence-electron chi connectivity index (χ4n) is 3.96. The molecule has 0 saturated carbocycles. The molecule has 162 valence electrons. The van der Waals surface area contributed by atoms with Gasteiger partial charge >= 0.3 is 0 Å². The van der Waals surface area contributed by atoms with Crippen molar-refractivity contribution < 1.29 is 13.2 Å². The van der Waals surface area contributed by atoms with Crippen LogP contribution < -0.4 is 0 Å². The molecule has 0 atom stereocenters. The highest BCUT2D eigenvalue weighted by Crippen LogP contribution is 2.32. The van der Waals surface area contributed by atoms with E-state index in [1.54, 1.807) is 42.5 Å². The molecule has 0 heterocycles. The van der Waals surface area contributed by atoms with Gasteiger partial charge in [0.25, 0.3) is 0 Å².